The van der Waals surface area contributed by atoms with E-state index < -0.39 is 5.95 Å². The van der Waals surface area contributed by atoms with Crippen molar-refractivity contribution in [3.05, 3.63) is 48.0 Å². The van der Waals surface area contributed by atoms with Crippen molar-refractivity contribution < 1.29 is 4.39 Å². The van der Waals surface area contributed by atoms with Crippen molar-refractivity contribution in [3.8, 4) is 11.3 Å². The minimum atomic E-state index is -0.434. The van der Waals surface area contributed by atoms with E-state index in [1.54, 1.807) is 24.0 Å². The average Bonchev–Trinajstić information content (AvgIpc) is 2.65. The SMILES string of the molecule is Cc1ccnc(-c2ccc3c(F)nn(C)c3c2)c1. The van der Waals surface area contributed by atoms with Crippen LogP contribution in [-0.2, 0) is 7.05 Å². The first-order chi connectivity index (χ1) is 8.65. The number of aromatic nitrogens is 3. The highest BCUT2D eigenvalue weighted by atomic mass is 19.1. The third-order valence-corrected chi connectivity index (χ3v) is 3.02. The Kier molecular flexibility index (Phi) is 2.37. The summed E-state index contributed by atoms with van der Waals surface area (Å²) in [5.74, 6) is -0.434. The van der Waals surface area contributed by atoms with Gasteiger partial charge in [0.1, 0.15) is 0 Å². The second kappa shape index (κ2) is 3.91. The summed E-state index contributed by atoms with van der Waals surface area (Å²) >= 11 is 0. The summed E-state index contributed by atoms with van der Waals surface area (Å²) in [6, 6.07) is 9.48. The van der Waals surface area contributed by atoms with E-state index in [0.29, 0.717) is 5.39 Å². The Balaban J connectivity index is 2.22. The molecule has 0 atom stereocenters. The van der Waals surface area contributed by atoms with Crippen molar-refractivity contribution in [2.75, 3.05) is 0 Å². The van der Waals surface area contributed by atoms with Gasteiger partial charge in [-0.3, -0.25) is 9.67 Å². The Labute approximate surface area is 104 Å². The lowest BCUT2D eigenvalue weighted by molar-refractivity contribution is 0.562. The Morgan fingerprint density at radius 1 is 1.17 bits per heavy atom. The molecule has 0 aliphatic heterocycles. The molecule has 0 bridgehead atoms. The predicted octanol–water partition coefficient (Wildman–Crippen LogP) is 3.08. The zero-order valence-electron chi connectivity index (χ0n) is 10.2. The third-order valence-electron chi connectivity index (χ3n) is 3.02. The van der Waals surface area contributed by atoms with Crippen LogP contribution < -0.4 is 0 Å². The number of benzene rings is 1. The summed E-state index contributed by atoms with van der Waals surface area (Å²) in [6.45, 7) is 2.02. The number of halogens is 1. The van der Waals surface area contributed by atoms with Gasteiger partial charge in [-0.05, 0) is 36.8 Å². The quantitative estimate of drug-likeness (QED) is 0.655. The van der Waals surface area contributed by atoms with Crippen LogP contribution >= 0.6 is 0 Å². The van der Waals surface area contributed by atoms with Gasteiger partial charge in [-0.1, -0.05) is 6.07 Å². The Morgan fingerprint density at radius 2 is 2.00 bits per heavy atom. The van der Waals surface area contributed by atoms with Crippen LogP contribution in [0, 0.1) is 12.9 Å². The van der Waals surface area contributed by atoms with Crippen LogP contribution in [0.15, 0.2) is 36.5 Å². The third kappa shape index (κ3) is 1.66. The molecule has 4 heteroatoms. The largest absolute Gasteiger partial charge is 0.265 e. The Bertz CT molecular complexity index is 731. The van der Waals surface area contributed by atoms with Crippen molar-refractivity contribution in [1.82, 2.24) is 14.8 Å². The van der Waals surface area contributed by atoms with Gasteiger partial charge in [0, 0.05) is 18.8 Å². The first-order valence-electron chi connectivity index (χ1n) is 5.70. The second-order valence-electron chi connectivity index (χ2n) is 4.36. The summed E-state index contributed by atoms with van der Waals surface area (Å²) in [7, 11) is 1.73. The molecule has 0 amide bonds. The number of aryl methyl sites for hydroxylation is 2. The van der Waals surface area contributed by atoms with Crippen LogP contribution in [0.1, 0.15) is 5.56 Å². The molecule has 0 fully saturated rings. The van der Waals surface area contributed by atoms with Gasteiger partial charge < -0.3 is 0 Å². The van der Waals surface area contributed by atoms with Crippen molar-refractivity contribution in [1.29, 1.82) is 0 Å². The molecule has 2 aromatic heterocycles. The molecule has 0 aliphatic carbocycles. The molecule has 0 aliphatic rings. The highest BCUT2D eigenvalue weighted by molar-refractivity contribution is 5.84. The maximum absolute atomic E-state index is 13.5. The molecule has 3 rings (SSSR count). The van der Waals surface area contributed by atoms with Gasteiger partial charge in [0.05, 0.1) is 16.6 Å². The lowest BCUT2D eigenvalue weighted by Gasteiger charge is -2.02. The summed E-state index contributed by atoms with van der Waals surface area (Å²) in [5.41, 5.74) is 3.78. The molecular formula is C14H12FN3. The molecule has 0 saturated heterocycles. The number of hydrogen-bond donors (Lipinski definition) is 0. The van der Waals surface area contributed by atoms with Crippen molar-refractivity contribution in [2.45, 2.75) is 6.92 Å². The molecule has 0 saturated carbocycles. The number of pyridine rings is 1. The summed E-state index contributed by atoms with van der Waals surface area (Å²) in [4.78, 5) is 4.33. The van der Waals surface area contributed by atoms with E-state index in [1.807, 2.05) is 31.2 Å². The fourth-order valence-electron chi connectivity index (χ4n) is 2.07. The smallest absolute Gasteiger partial charge is 0.240 e. The Morgan fingerprint density at radius 3 is 2.78 bits per heavy atom. The molecule has 0 spiro atoms. The fraction of sp³-hybridized carbons (Fsp3) is 0.143. The first-order valence-corrected chi connectivity index (χ1v) is 5.70. The van der Waals surface area contributed by atoms with Gasteiger partial charge >= 0.3 is 0 Å². The standard InChI is InChI=1S/C14H12FN3/c1-9-5-6-16-12(7-9)10-3-4-11-13(8-10)18(2)17-14(11)15/h3-8H,1-2H3. The van der Waals surface area contributed by atoms with Crippen LogP contribution in [0.3, 0.4) is 0 Å². The van der Waals surface area contributed by atoms with Gasteiger partial charge in [0.15, 0.2) is 0 Å². The lowest BCUT2D eigenvalue weighted by Crippen LogP contribution is -1.90. The van der Waals surface area contributed by atoms with E-state index in [2.05, 4.69) is 10.1 Å². The minimum absolute atomic E-state index is 0.434. The molecule has 0 radical (unpaired) electrons. The van der Waals surface area contributed by atoms with Crippen molar-refractivity contribution in [2.24, 2.45) is 7.05 Å². The maximum Gasteiger partial charge on any atom is 0.240 e. The van der Waals surface area contributed by atoms with E-state index in [0.717, 1.165) is 22.3 Å². The lowest BCUT2D eigenvalue weighted by atomic mass is 10.1. The maximum atomic E-state index is 13.5. The molecule has 0 unspecified atom stereocenters. The highest BCUT2D eigenvalue weighted by Crippen LogP contribution is 2.24. The monoisotopic (exact) mass is 241 g/mol. The van der Waals surface area contributed by atoms with Gasteiger partial charge in [-0.15, -0.1) is 5.10 Å². The number of hydrogen-bond acceptors (Lipinski definition) is 2. The first kappa shape index (κ1) is 10.9. The van der Waals surface area contributed by atoms with E-state index in [1.165, 1.54) is 0 Å². The molecule has 90 valence electrons. The van der Waals surface area contributed by atoms with Crippen LogP contribution in [0.4, 0.5) is 4.39 Å². The van der Waals surface area contributed by atoms with E-state index in [4.69, 9.17) is 0 Å². The van der Waals surface area contributed by atoms with E-state index >= 15 is 0 Å². The van der Waals surface area contributed by atoms with Gasteiger partial charge in [0.2, 0.25) is 5.95 Å². The predicted molar refractivity (Wildman–Crippen MR) is 68.6 cm³/mol. The summed E-state index contributed by atoms with van der Waals surface area (Å²) < 4.78 is 15.0. The van der Waals surface area contributed by atoms with Crippen molar-refractivity contribution >= 4 is 10.9 Å². The fourth-order valence-corrected chi connectivity index (χ4v) is 2.07. The van der Waals surface area contributed by atoms with Crippen LogP contribution in [-0.4, -0.2) is 14.8 Å². The zero-order chi connectivity index (χ0) is 12.7. The molecule has 0 N–H and O–H groups in total. The summed E-state index contributed by atoms with van der Waals surface area (Å²) in [6.07, 6.45) is 1.78. The van der Waals surface area contributed by atoms with Crippen LogP contribution in [0.2, 0.25) is 0 Å². The average molecular weight is 241 g/mol. The number of rotatable bonds is 1. The number of fused-ring (bicyclic) bond motifs is 1. The molecule has 3 nitrogen and oxygen atoms in total. The molecule has 1 aromatic carbocycles. The van der Waals surface area contributed by atoms with Gasteiger partial charge in [-0.25, -0.2) is 0 Å². The summed E-state index contributed by atoms with van der Waals surface area (Å²) in [5, 5.41) is 4.31. The molecule has 18 heavy (non-hydrogen) atoms. The molecule has 2 heterocycles. The normalized spacial score (nSPS) is 11.1. The second-order valence-corrected chi connectivity index (χ2v) is 4.36. The van der Waals surface area contributed by atoms with Crippen LogP contribution in [0.5, 0.6) is 0 Å². The van der Waals surface area contributed by atoms with Gasteiger partial charge in [-0.2, -0.15) is 4.39 Å². The molecular weight excluding hydrogens is 229 g/mol. The highest BCUT2D eigenvalue weighted by Gasteiger charge is 2.09. The molecule has 3 aromatic rings. The minimum Gasteiger partial charge on any atom is -0.265 e. The number of nitrogens with zero attached hydrogens (tertiary/aromatic N) is 3. The van der Waals surface area contributed by atoms with Gasteiger partial charge in [0.25, 0.3) is 0 Å². The van der Waals surface area contributed by atoms with E-state index in [9.17, 15) is 4.39 Å². The van der Waals surface area contributed by atoms with Crippen molar-refractivity contribution in [3.63, 3.8) is 0 Å². The van der Waals surface area contributed by atoms with E-state index in [-0.39, 0.29) is 0 Å². The topological polar surface area (TPSA) is 30.7 Å². The van der Waals surface area contributed by atoms with Crippen LogP contribution in [0.25, 0.3) is 22.2 Å². The Hall–Kier alpha value is -2.23. The zero-order valence-corrected chi connectivity index (χ0v) is 10.2.